The molecule has 2 heteroatoms. The highest BCUT2D eigenvalue weighted by Gasteiger charge is 2.33. The number of hydrogen-bond acceptors (Lipinski definition) is 2. The van der Waals surface area contributed by atoms with Crippen LogP contribution >= 0.6 is 0 Å². The second-order valence-corrected chi connectivity index (χ2v) is 9.69. The highest BCUT2D eigenvalue weighted by Crippen LogP contribution is 2.37. The van der Waals surface area contributed by atoms with E-state index in [0.29, 0.717) is 0 Å². The third kappa shape index (κ3) is 4.24. The molecule has 1 aliphatic rings. The molecule has 0 aliphatic heterocycles. The first-order valence-corrected chi connectivity index (χ1v) is 11.5. The Bertz CT molecular complexity index is 1040. The number of hydrogen-bond donors (Lipinski definition) is 0. The molecule has 0 saturated heterocycles. The van der Waals surface area contributed by atoms with Crippen LogP contribution < -0.4 is 0 Å². The molecule has 1 unspecified atom stereocenters. The van der Waals surface area contributed by atoms with Crippen LogP contribution in [0.1, 0.15) is 65.4 Å². The summed E-state index contributed by atoms with van der Waals surface area (Å²) in [5.74, 6) is 1.55. The summed E-state index contributed by atoms with van der Waals surface area (Å²) in [6.07, 6.45) is 5.46. The lowest BCUT2D eigenvalue weighted by molar-refractivity contribution is -0.164. The van der Waals surface area contributed by atoms with Gasteiger partial charge in [0.15, 0.2) is 0 Å². The average molecular weight is 403 g/mol. The Morgan fingerprint density at radius 1 is 0.933 bits per heavy atom. The zero-order valence-electron chi connectivity index (χ0n) is 18.8. The van der Waals surface area contributed by atoms with Crippen molar-refractivity contribution in [3.63, 3.8) is 0 Å². The van der Waals surface area contributed by atoms with Crippen LogP contribution in [0.3, 0.4) is 0 Å². The van der Waals surface area contributed by atoms with Gasteiger partial charge in [0.2, 0.25) is 0 Å². The van der Waals surface area contributed by atoms with Crippen molar-refractivity contribution < 1.29 is 9.53 Å². The quantitative estimate of drug-likeness (QED) is 0.324. The van der Waals surface area contributed by atoms with E-state index in [1.807, 2.05) is 13.8 Å². The number of ether oxygens (including phenoxy) is 1. The van der Waals surface area contributed by atoms with Crippen molar-refractivity contribution in [3.8, 4) is 0 Å². The molecule has 1 aliphatic carbocycles. The lowest BCUT2D eigenvalue weighted by Gasteiger charge is -2.33. The van der Waals surface area contributed by atoms with Gasteiger partial charge in [0.25, 0.3) is 0 Å². The van der Waals surface area contributed by atoms with E-state index < -0.39 is 5.60 Å². The van der Waals surface area contributed by atoms with Gasteiger partial charge in [-0.3, -0.25) is 4.79 Å². The van der Waals surface area contributed by atoms with Gasteiger partial charge in [-0.25, -0.2) is 0 Å². The minimum absolute atomic E-state index is 0.0267. The van der Waals surface area contributed by atoms with Crippen LogP contribution in [0.4, 0.5) is 0 Å². The highest BCUT2D eigenvalue weighted by atomic mass is 16.6. The molecule has 0 bridgehead atoms. The van der Waals surface area contributed by atoms with Gasteiger partial charge in [-0.2, -0.15) is 0 Å². The Kier molecular flexibility index (Phi) is 5.86. The molecular weight excluding hydrogens is 368 g/mol. The molecule has 0 spiro atoms. The van der Waals surface area contributed by atoms with Crippen molar-refractivity contribution in [2.24, 2.45) is 17.8 Å². The SMILES string of the molecule is CCC(C)C1CCC(C(=O)OC(C)(C)c2ccc3cc4ccccc4cc3c2)CC1. The Morgan fingerprint density at radius 2 is 1.53 bits per heavy atom. The molecule has 3 aromatic rings. The predicted octanol–water partition coefficient (Wildman–Crippen LogP) is 7.62. The number of benzene rings is 3. The van der Waals surface area contributed by atoms with Crippen LogP contribution in [0.15, 0.2) is 54.6 Å². The van der Waals surface area contributed by atoms with Crippen molar-refractivity contribution >= 4 is 27.5 Å². The Labute approximate surface area is 180 Å². The summed E-state index contributed by atoms with van der Waals surface area (Å²) in [4.78, 5) is 12.9. The molecule has 30 heavy (non-hydrogen) atoms. The van der Waals surface area contributed by atoms with E-state index in [9.17, 15) is 4.79 Å². The monoisotopic (exact) mass is 402 g/mol. The van der Waals surface area contributed by atoms with Crippen LogP contribution in [-0.2, 0) is 15.1 Å². The maximum atomic E-state index is 12.9. The molecule has 158 valence electrons. The third-order valence-corrected chi connectivity index (χ3v) is 7.31. The van der Waals surface area contributed by atoms with E-state index in [0.717, 1.165) is 43.1 Å². The molecule has 0 radical (unpaired) electrons. The lowest BCUT2D eigenvalue weighted by Crippen LogP contribution is -2.32. The molecule has 3 aromatic carbocycles. The average Bonchev–Trinajstić information content (AvgIpc) is 2.76. The lowest BCUT2D eigenvalue weighted by atomic mass is 9.75. The third-order valence-electron chi connectivity index (χ3n) is 7.31. The van der Waals surface area contributed by atoms with Crippen molar-refractivity contribution in [2.75, 3.05) is 0 Å². The van der Waals surface area contributed by atoms with E-state index in [-0.39, 0.29) is 11.9 Å². The van der Waals surface area contributed by atoms with E-state index in [2.05, 4.69) is 68.4 Å². The van der Waals surface area contributed by atoms with Gasteiger partial charge in [-0.05, 0) is 96.7 Å². The number of rotatable bonds is 5. The topological polar surface area (TPSA) is 26.3 Å². The molecular formula is C28H34O2. The van der Waals surface area contributed by atoms with Crippen LogP contribution in [0, 0.1) is 17.8 Å². The molecule has 0 N–H and O–H groups in total. The summed E-state index contributed by atoms with van der Waals surface area (Å²) < 4.78 is 6.08. The summed E-state index contributed by atoms with van der Waals surface area (Å²) in [7, 11) is 0. The van der Waals surface area contributed by atoms with Crippen LogP contribution in [0.2, 0.25) is 0 Å². The fourth-order valence-corrected chi connectivity index (χ4v) is 4.97. The normalized spacial score (nSPS) is 20.9. The Hall–Kier alpha value is -2.35. The van der Waals surface area contributed by atoms with Gasteiger partial charge >= 0.3 is 5.97 Å². The second kappa shape index (κ2) is 8.41. The number of fused-ring (bicyclic) bond motifs is 2. The Balaban J connectivity index is 1.49. The van der Waals surface area contributed by atoms with Crippen molar-refractivity contribution in [1.29, 1.82) is 0 Å². The predicted molar refractivity (Wildman–Crippen MR) is 125 cm³/mol. The first-order valence-electron chi connectivity index (χ1n) is 11.5. The van der Waals surface area contributed by atoms with Gasteiger partial charge in [-0.15, -0.1) is 0 Å². The maximum Gasteiger partial charge on any atom is 0.309 e. The Morgan fingerprint density at radius 3 is 2.17 bits per heavy atom. The van der Waals surface area contributed by atoms with E-state index in [1.54, 1.807) is 0 Å². The van der Waals surface area contributed by atoms with Crippen LogP contribution in [0.25, 0.3) is 21.5 Å². The second-order valence-electron chi connectivity index (χ2n) is 9.69. The van der Waals surface area contributed by atoms with Crippen LogP contribution in [-0.4, -0.2) is 5.97 Å². The van der Waals surface area contributed by atoms with Gasteiger partial charge in [-0.1, -0.05) is 56.7 Å². The summed E-state index contributed by atoms with van der Waals surface area (Å²) >= 11 is 0. The zero-order valence-corrected chi connectivity index (χ0v) is 18.8. The minimum atomic E-state index is -0.634. The van der Waals surface area contributed by atoms with E-state index >= 15 is 0 Å². The fourth-order valence-electron chi connectivity index (χ4n) is 4.97. The summed E-state index contributed by atoms with van der Waals surface area (Å²) in [6.45, 7) is 8.63. The molecule has 0 heterocycles. The summed E-state index contributed by atoms with van der Waals surface area (Å²) in [5, 5.41) is 4.87. The number of carbonyl (C=O) groups is 1. The standard InChI is InChI=1S/C28H34O2/c1-5-19(2)20-10-12-21(13-11-20)27(29)30-28(3,4)26-15-14-24-16-22-8-6-7-9-23(22)17-25(24)18-26/h6-9,14-21H,5,10-13H2,1-4H3. The molecule has 1 saturated carbocycles. The summed E-state index contributed by atoms with van der Waals surface area (Å²) in [6, 6.07) is 19.3. The summed E-state index contributed by atoms with van der Waals surface area (Å²) in [5.41, 5.74) is 0.414. The van der Waals surface area contributed by atoms with E-state index in [4.69, 9.17) is 4.74 Å². The zero-order chi connectivity index (χ0) is 21.3. The first-order chi connectivity index (χ1) is 14.4. The van der Waals surface area contributed by atoms with Gasteiger partial charge in [0, 0.05) is 0 Å². The largest absolute Gasteiger partial charge is 0.455 e. The van der Waals surface area contributed by atoms with Gasteiger partial charge in [0.1, 0.15) is 5.60 Å². The fraction of sp³-hybridized carbons (Fsp3) is 0.464. The molecule has 0 aromatic heterocycles. The van der Waals surface area contributed by atoms with Gasteiger partial charge in [0.05, 0.1) is 5.92 Å². The highest BCUT2D eigenvalue weighted by molar-refractivity contribution is 5.98. The van der Waals surface area contributed by atoms with Crippen molar-refractivity contribution in [2.45, 2.75) is 65.4 Å². The van der Waals surface area contributed by atoms with E-state index in [1.165, 1.54) is 28.0 Å². The number of esters is 1. The van der Waals surface area contributed by atoms with Crippen molar-refractivity contribution in [3.05, 3.63) is 60.2 Å². The molecule has 0 amide bonds. The minimum Gasteiger partial charge on any atom is -0.455 e. The molecule has 2 nitrogen and oxygen atoms in total. The number of carbonyl (C=O) groups excluding carboxylic acids is 1. The van der Waals surface area contributed by atoms with Crippen molar-refractivity contribution in [1.82, 2.24) is 0 Å². The first kappa shape index (κ1) is 20.9. The molecule has 1 fully saturated rings. The maximum absolute atomic E-state index is 12.9. The smallest absolute Gasteiger partial charge is 0.309 e. The molecule has 4 rings (SSSR count). The van der Waals surface area contributed by atoms with Crippen LogP contribution in [0.5, 0.6) is 0 Å². The van der Waals surface area contributed by atoms with Gasteiger partial charge < -0.3 is 4.74 Å². The molecule has 1 atom stereocenters.